The highest BCUT2D eigenvalue weighted by Gasteiger charge is 2.31. The zero-order valence-corrected chi connectivity index (χ0v) is 16.9. The van der Waals surface area contributed by atoms with Gasteiger partial charge in [0.2, 0.25) is 0 Å². The van der Waals surface area contributed by atoms with Gasteiger partial charge in [0, 0.05) is 29.6 Å². The molecule has 1 amide bonds. The summed E-state index contributed by atoms with van der Waals surface area (Å²) >= 11 is 1.43. The highest BCUT2D eigenvalue weighted by atomic mass is 32.2. The maximum Gasteiger partial charge on any atom is 0.254 e. The predicted molar refractivity (Wildman–Crippen MR) is 110 cm³/mol. The summed E-state index contributed by atoms with van der Waals surface area (Å²) < 4.78 is 12.0. The zero-order chi connectivity index (χ0) is 18.8. The van der Waals surface area contributed by atoms with Crippen molar-refractivity contribution in [2.24, 2.45) is 5.14 Å². The molecule has 1 aromatic heterocycles. The third kappa shape index (κ3) is 4.16. The van der Waals surface area contributed by atoms with Crippen LogP contribution >= 0.6 is 11.3 Å². The predicted octanol–water partition coefficient (Wildman–Crippen LogP) is 3.10. The van der Waals surface area contributed by atoms with Gasteiger partial charge in [0.25, 0.3) is 5.91 Å². The van der Waals surface area contributed by atoms with E-state index in [4.69, 9.17) is 5.14 Å². The summed E-state index contributed by atoms with van der Waals surface area (Å²) in [6, 6.07) is 11.8. The van der Waals surface area contributed by atoms with Gasteiger partial charge in [0.05, 0.1) is 0 Å². The number of carbonyl (C=O) groups is 1. The number of rotatable bonds is 5. The van der Waals surface area contributed by atoms with Crippen LogP contribution in [0.15, 0.2) is 40.6 Å². The Morgan fingerprint density at radius 1 is 1.07 bits per heavy atom. The van der Waals surface area contributed by atoms with Crippen molar-refractivity contribution in [1.82, 2.24) is 9.80 Å². The smallest absolute Gasteiger partial charge is 0.254 e. The van der Waals surface area contributed by atoms with Crippen LogP contribution in [0.1, 0.15) is 36.0 Å². The Morgan fingerprint density at radius 2 is 1.81 bits per heavy atom. The molecule has 27 heavy (non-hydrogen) atoms. The minimum atomic E-state index is -1.45. The molecule has 2 aliphatic rings. The van der Waals surface area contributed by atoms with Crippen LogP contribution in [0.25, 0.3) is 10.4 Å². The van der Waals surface area contributed by atoms with Crippen molar-refractivity contribution in [2.45, 2.75) is 35.9 Å². The highest BCUT2D eigenvalue weighted by molar-refractivity contribution is 7.85. The summed E-state index contributed by atoms with van der Waals surface area (Å²) in [6.07, 6.45) is 4.76. The third-order valence-electron chi connectivity index (χ3n) is 5.50. The van der Waals surface area contributed by atoms with Gasteiger partial charge in [-0.15, -0.1) is 11.3 Å². The van der Waals surface area contributed by atoms with Gasteiger partial charge in [-0.05, 0) is 68.6 Å². The fourth-order valence-electron chi connectivity index (χ4n) is 4.08. The van der Waals surface area contributed by atoms with Gasteiger partial charge in [-0.1, -0.05) is 12.1 Å². The topological polar surface area (TPSA) is 66.6 Å². The summed E-state index contributed by atoms with van der Waals surface area (Å²) in [4.78, 5) is 18.6. The molecule has 2 saturated heterocycles. The van der Waals surface area contributed by atoms with Crippen LogP contribution in [-0.2, 0) is 11.0 Å². The van der Waals surface area contributed by atoms with E-state index in [0.717, 1.165) is 41.9 Å². The number of hydrogen-bond acceptors (Lipinski definition) is 4. The molecule has 0 aliphatic carbocycles. The second-order valence-electron chi connectivity index (χ2n) is 7.30. The standard InChI is InChI=1S/C20H25N3O2S2/c21-27(25)19-10-9-18(26-19)15-5-7-16(8-6-15)20(24)23-13-3-4-17(23)14-22-11-1-2-12-22/h5-10,17H,1-4,11-14,21H2. The van der Waals surface area contributed by atoms with Crippen LogP contribution in [0.5, 0.6) is 0 Å². The Hall–Kier alpha value is -1.54. The number of carbonyl (C=O) groups excluding carboxylic acids is 1. The molecular weight excluding hydrogens is 378 g/mol. The molecule has 144 valence electrons. The fourth-order valence-corrected chi connectivity index (χ4v) is 5.63. The molecule has 0 spiro atoms. The number of benzene rings is 1. The van der Waals surface area contributed by atoms with Crippen LogP contribution in [0.3, 0.4) is 0 Å². The maximum atomic E-state index is 13.0. The molecule has 3 heterocycles. The molecule has 2 aliphatic heterocycles. The van der Waals surface area contributed by atoms with Crippen LogP contribution in [-0.4, -0.2) is 52.1 Å². The number of thiophene rings is 1. The van der Waals surface area contributed by atoms with E-state index in [9.17, 15) is 9.00 Å². The van der Waals surface area contributed by atoms with Gasteiger partial charge >= 0.3 is 0 Å². The molecule has 4 rings (SSSR count). The highest BCUT2D eigenvalue weighted by Crippen LogP contribution is 2.30. The lowest BCUT2D eigenvalue weighted by Gasteiger charge is -2.28. The Labute approximate surface area is 166 Å². The Morgan fingerprint density at radius 3 is 2.48 bits per heavy atom. The molecule has 2 fully saturated rings. The zero-order valence-electron chi connectivity index (χ0n) is 15.3. The largest absolute Gasteiger partial charge is 0.334 e. The number of amides is 1. The van der Waals surface area contributed by atoms with E-state index < -0.39 is 11.0 Å². The summed E-state index contributed by atoms with van der Waals surface area (Å²) in [7, 11) is -1.45. The lowest BCUT2D eigenvalue weighted by atomic mass is 10.1. The van der Waals surface area contributed by atoms with Crippen molar-refractivity contribution in [2.75, 3.05) is 26.2 Å². The number of nitrogens with two attached hydrogens (primary N) is 1. The molecule has 2 unspecified atom stereocenters. The Kier molecular flexibility index (Phi) is 5.73. The SMILES string of the molecule is NS(=O)c1ccc(-c2ccc(C(=O)N3CCCC3CN3CCCC3)cc2)s1. The van der Waals surface area contributed by atoms with Crippen molar-refractivity contribution in [3.05, 3.63) is 42.0 Å². The average molecular weight is 404 g/mol. The molecule has 0 bridgehead atoms. The normalized spacial score (nSPS) is 21.7. The van der Waals surface area contributed by atoms with E-state index in [2.05, 4.69) is 9.80 Å². The van der Waals surface area contributed by atoms with E-state index >= 15 is 0 Å². The van der Waals surface area contributed by atoms with Crippen LogP contribution in [0, 0.1) is 0 Å². The van der Waals surface area contributed by atoms with Gasteiger partial charge in [0.1, 0.15) is 15.2 Å². The third-order valence-corrected chi connectivity index (χ3v) is 7.71. The Balaban J connectivity index is 1.45. The van der Waals surface area contributed by atoms with E-state index in [1.807, 2.05) is 30.3 Å². The Bertz CT molecular complexity index is 828. The first-order valence-electron chi connectivity index (χ1n) is 9.51. The van der Waals surface area contributed by atoms with Gasteiger partial charge in [-0.3, -0.25) is 4.79 Å². The summed E-state index contributed by atoms with van der Waals surface area (Å²) in [5.41, 5.74) is 1.76. The first-order valence-corrected chi connectivity index (χ1v) is 11.5. The van der Waals surface area contributed by atoms with Crippen molar-refractivity contribution < 1.29 is 9.00 Å². The van der Waals surface area contributed by atoms with Gasteiger partial charge in [-0.2, -0.15) is 0 Å². The summed E-state index contributed by atoms with van der Waals surface area (Å²) in [5, 5.41) is 5.44. The minimum Gasteiger partial charge on any atom is -0.334 e. The van der Waals surface area contributed by atoms with Crippen molar-refractivity contribution >= 4 is 28.2 Å². The number of hydrogen-bond donors (Lipinski definition) is 1. The first-order chi connectivity index (χ1) is 13.1. The van der Waals surface area contributed by atoms with E-state index in [0.29, 0.717) is 10.3 Å². The molecule has 2 aromatic rings. The van der Waals surface area contributed by atoms with E-state index in [1.54, 1.807) is 6.07 Å². The van der Waals surface area contributed by atoms with E-state index in [-0.39, 0.29) is 5.91 Å². The quantitative estimate of drug-likeness (QED) is 0.834. The second kappa shape index (κ2) is 8.22. The monoisotopic (exact) mass is 403 g/mol. The van der Waals surface area contributed by atoms with Crippen molar-refractivity contribution in [3.8, 4) is 10.4 Å². The number of likely N-dealkylation sites (tertiary alicyclic amines) is 2. The van der Waals surface area contributed by atoms with Crippen LogP contribution in [0.2, 0.25) is 0 Å². The van der Waals surface area contributed by atoms with Crippen molar-refractivity contribution in [1.29, 1.82) is 0 Å². The lowest BCUT2D eigenvalue weighted by Crippen LogP contribution is -2.42. The minimum absolute atomic E-state index is 0.137. The van der Waals surface area contributed by atoms with E-state index in [1.165, 1.54) is 37.3 Å². The molecule has 1 aromatic carbocycles. The van der Waals surface area contributed by atoms with Crippen LogP contribution < -0.4 is 5.14 Å². The van der Waals surface area contributed by atoms with Gasteiger partial charge in [0.15, 0.2) is 0 Å². The summed E-state index contributed by atoms with van der Waals surface area (Å²) in [6.45, 7) is 4.21. The first kappa shape index (κ1) is 18.8. The number of nitrogens with zero attached hydrogens (tertiary/aromatic N) is 2. The molecular formula is C20H25N3O2S2. The second-order valence-corrected chi connectivity index (χ2v) is 9.67. The maximum absolute atomic E-state index is 13.0. The van der Waals surface area contributed by atoms with Gasteiger partial charge in [-0.25, -0.2) is 9.35 Å². The molecule has 7 heteroatoms. The lowest BCUT2D eigenvalue weighted by molar-refractivity contribution is 0.0709. The van der Waals surface area contributed by atoms with Crippen molar-refractivity contribution in [3.63, 3.8) is 0 Å². The molecule has 0 radical (unpaired) electrons. The fraction of sp³-hybridized carbons (Fsp3) is 0.450. The molecule has 0 saturated carbocycles. The molecule has 2 atom stereocenters. The summed E-state index contributed by atoms with van der Waals surface area (Å²) in [5.74, 6) is 0.137. The average Bonchev–Trinajstić information content (AvgIpc) is 3.43. The van der Waals surface area contributed by atoms with Gasteiger partial charge < -0.3 is 9.80 Å². The molecule has 5 nitrogen and oxygen atoms in total. The van der Waals surface area contributed by atoms with Crippen LogP contribution in [0.4, 0.5) is 0 Å². The molecule has 2 N–H and O–H groups in total.